The molecule has 5 aromatic rings. The number of nitrogens with zero attached hydrogens (tertiary/aromatic N) is 3. The smallest absolute Gasteiger partial charge is 0.273 e. The Morgan fingerprint density at radius 3 is 2.22 bits per heavy atom. The van der Waals surface area contributed by atoms with Crippen LogP contribution in [0.15, 0.2) is 113 Å². The summed E-state index contributed by atoms with van der Waals surface area (Å²) >= 11 is 0. The predicted molar refractivity (Wildman–Crippen MR) is 189 cm³/mol. The molecule has 0 spiro atoms. The molecule has 1 aromatic heterocycles. The number of carbonyl (C=O) groups is 1. The molecule has 2 unspecified atom stereocenters. The van der Waals surface area contributed by atoms with E-state index in [1.165, 1.54) is 18.0 Å². The molecule has 3 aliphatic rings. The second kappa shape index (κ2) is 12.5. The summed E-state index contributed by atoms with van der Waals surface area (Å²) in [5.41, 5.74) is 4.16. The highest BCUT2D eigenvalue weighted by Gasteiger charge is 2.50. The van der Waals surface area contributed by atoms with Gasteiger partial charge >= 0.3 is 0 Å². The van der Waals surface area contributed by atoms with Crippen molar-refractivity contribution in [2.45, 2.75) is 60.9 Å². The van der Waals surface area contributed by atoms with Gasteiger partial charge in [-0.3, -0.25) is 4.79 Å². The summed E-state index contributed by atoms with van der Waals surface area (Å²) in [6, 6.07) is 30.9. The summed E-state index contributed by atoms with van der Waals surface area (Å²) in [5, 5.41) is 14.4. The van der Waals surface area contributed by atoms with Crippen molar-refractivity contribution in [2.75, 3.05) is 19.0 Å². The van der Waals surface area contributed by atoms with Crippen molar-refractivity contribution in [3.05, 3.63) is 142 Å². The van der Waals surface area contributed by atoms with Crippen LogP contribution in [-0.4, -0.2) is 45.4 Å². The summed E-state index contributed by atoms with van der Waals surface area (Å²) < 4.78 is 48.2. The minimum Gasteiger partial charge on any atom is -0.456 e. The molecule has 1 aliphatic heterocycles. The fraction of sp³-hybridized carbons (Fsp3) is 0.282. The van der Waals surface area contributed by atoms with Crippen LogP contribution in [0.1, 0.15) is 45.4 Å². The van der Waals surface area contributed by atoms with E-state index in [0.29, 0.717) is 12.1 Å². The molecule has 1 amide bonds. The monoisotopic (exact) mass is 691 g/mol. The van der Waals surface area contributed by atoms with Gasteiger partial charge in [-0.25, -0.2) is 18.4 Å². The van der Waals surface area contributed by atoms with Crippen molar-refractivity contribution in [2.24, 2.45) is 9.50 Å². The lowest BCUT2D eigenvalue weighted by atomic mass is 9.78. The molecule has 9 nitrogen and oxygen atoms in total. The van der Waals surface area contributed by atoms with Crippen LogP contribution in [0, 0.1) is 0 Å². The molecule has 0 radical (unpaired) electrons. The Bertz CT molecular complexity index is 2110. The lowest BCUT2D eigenvalue weighted by molar-refractivity contribution is -0.134. The van der Waals surface area contributed by atoms with E-state index in [9.17, 15) is 13.4 Å². The third-order valence-electron chi connectivity index (χ3n) is 10.1. The van der Waals surface area contributed by atoms with Gasteiger partial charge in [-0.15, -0.1) is 0 Å². The highest BCUT2D eigenvalue weighted by Crippen LogP contribution is 2.45. The van der Waals surface area contributed by atoms with Crippen molar-refractivity contribution < 1.29 is 22.9 Å². The fourth-order valence-electron chi connectivity index (χ4n) is 7.85. The second-order valence-corrected chi connectivity index (χ2v) is 15.1. The Balaban J connectivity index is 1.22. The van der Waals surface area contributed by atoms with Crippen molar-refractivity contribution in [3.63, 3.8) is 0 Å². The summed E-state index contributed by atoms with van der Waals surface area (Å²) in [7, 11) is -2.28. The van der Waals surface area contributed by atoms with Crippen LogP contribution in [0.4, 0.5) is 10.1 Å². The predicted octanol–water partition coefficient (Wildman–Crippen LogP) is 5.92. The van der Waals surface area contributed by atoms with Crippen LogP contribution in [0.5, 0.6) is 5.88 Å². The molecule has 11 heteroatoms. The van der Waals surface area contributed by atoms with E-state index in [4.69, 9.17) is 19.0 Å². The number of anilines is 1. The topological polar surface area (TPSA) is 121 Å². The van der Waals surface area contributed by atoms with Crippen molar-refractivity contribution >= 4 is 21.5 Å². The Morgan fingerprint density at radius 1 is 1.00 bits per heavy atom. The third-order valence-corrected chi connectivity index (χ3v) is 11.6. The van der Waals surface area contributed by atoms with Crippen LogP contribution in [-0.2, 0) is 57.2 Å². The number of benzene rings is 4. The number of hydrogen-bond donors (Lipinski definition) is 2. The number of halogens is 1. The molecule has 4 aromatic carbocycles. The van der Waals surface area contributed by atoms with E-state index in [-0.39, 0.29) is 30.3 Å². The number of alkyl halides is 1. The van der Waals surface area contributed by atoms with Gasteiger partial charge in [-0.2, -0.15) is 9.46 Å². The number of aromatic nitrogens is 2. The molecule has 256 valence electrons. The third kappa shape index (κ3) is 5.31. The Kier molecular flexibility index (Phi) is 8.08. The van der Waals surface area contributed by atoms with Gasteiger partial charge in [0.15, 0.2) is 0 Å². The van der Waals surface area contributed by atoms with Gasteiger partial charge in [0, 0.05) is 25.6 Å². The van der Waals surface area contributed by atoms with Crippen LogP contribution < -0.4 is 15.2 Å². The number of aryl methyl sites for hydroxylation is 1. The first kappa shape index (κ1) is 32.4. The van der Waals surface area contributed by atoms with E-state index >= 15 is 0 Å². The molecule has 0 saturated heterocycles. The van der Waals surface area contributed by atoms with Crippen LogP contribution in [0.25, 0.3) is 0 Å². The molecule has 0 saturated carbocycles. The largest absolute Gasteiger partial charge is 0.456 e. The molecule has 8 rings (SSSR count). The maximum absolute atomic E-state index is 15.0. The zero-order chi connectivity index (χ0) is 34.5. The number of nitrogens with one attached hydrogen (secondary N) is 1. The normalized spacial score (nSPS) is 20.3. The molecular formula is C39H38FN5O4S. The number of fused-ring (bicyclic) bond motifs is 3. The number of amides is 1. The molecule has 3 atom stereocenters. The molecule has 0 bridgehead atoms. The van der Waals surface area contributed by atoms with E-state index < -0.39 is 33.1 Å². The molecule has 2 heterocycles. The lowest BCUT2D eigenvalue weighted by Gasteiger charge is -2.32. The quantitative estimate of drug-likeness (QED) is 0.186. The van der Waals surface area contributed by atoms with Crippen molar-refractivity contribution in [1.29, 1.82) is 0 Å². The van der Waals surface area contributed by atoms with Crippen LogP contribution in [0.3, 0.4) is 0 Å². The number of hydrogen-bond acceptors (Lipinski definition) is 6. The summed E-state index contributed by atoms with van der Waals surface area (Å²) in [5.74, 6) is -0.364. The minimum absolute atomic E-state index is 0.0122. The first-order chi connectivity index (χ1) is 24.2. The molecule has 3 N–H and O–H groups in total. The van der Waals surface area contributed by atoms with Gasteiger partial charge < -0.3 is 14.8 Å². The molecule has 50 heavy (non-hydrogen) atoms. The van der Waals surface area contributed by atoms with Gasteiger partial charge in [0.05, 0.1) is 19.3 Å². The number of rotatable bonds is 9. The molecular weight excluding hydrogens is 654 g/mol. The SMILES string of the molecule is COCC1(C(=O)Nc2c3c(cc4c2C[C@@H](F)C4)CCC3)Cn2ncc(S(N)(=O)=NC(c3ccccc3)(c3ccccc3)c3ccccc3)c2O1. The van der Waals surface area contributed by atoms with E-state index in [1.54, 1.807) is 0 Å². The summed E-state index contributed by atoms with van der Waals surface area (Å²) in [6.45, 7) is -0.128. The highest BCUT2D eigenvalue weighted by atomic mass is 32.2. The lowest BCUT2D eigenvalue weighted by Crippen LogP contribution is -2.51. The Hall–Kier alpha value is -4.84. The number of nitrogens with two attached hydrogens (primary N) is 1. The molecule has 0 fully saturated rings. The average Bonchev–Trinajstić information content (AvgIpc) is 3.92. The van der Waals surface area contributed by atoms with E-state index in [1.807, 2.05) is 91.0 Å². The first-order valence-corrected chi connectivity index (χ1v) is 18.4. The fourth-order valence-corrected chi connectivity index (χ4v) is 9.27. The van der Waals surface area contributed by atoms with Gasteiger partial charge in [0.2, 0.25) is 11.5 Å². The molecule has 2 aliphatic carbocycles. The minimum atomic E-state index is -3.76. The zero-order valence-electron chi connectivity index (χ0n) is 27.7. The van der Waals surface area contributed by atoms with Gasteiger partial charge in [-0.1, -0.05) is 97.1 Å². The highest BCUT2D eigenvalue weighted by molar-refractivity contribution is 7.91. The number of ether oxygens (including phenoxy) is 2. The van der Waals surface area contributed by atoms with Crippen LogP contribution >= 0.6 is 0 Å². The van der Waals surface area contributed by atoms with Gasteiger partial charge in [-0.05, 0) is 58.2 Å². The van der Waals surface area contributed by atoms with Gasteiger partial charge in [0.25, 0.3) is 5.91 Å². The summed E-state index contributed by atoms with van der Waals surface area (Å²) in [6.07, 6.45) is 3.69. The standard InChI is InChI=1S/C39H38FN5O4S/c1-48-25-38(37(46)43-35-32-19-11-12-26(32)20-27-21-31(40)22-33(27)35)24-45-36(49-38)34(23-42-45)50(41,47)44-39(28-13-5-2-6-14-28,29-15-7-3-8-16-29)30-17-9-4-10-18-30/h2-10,13-18,20,23,31H,11-12,19,21-22,24-25H2,1H3,(H,43,46)(H2,41,44,47)/t31-,38?,50?/m0/s1. The maximum atomic E-state index is 15.0. The zero-order valence-corrected chi connectivity index (χ0v) is 28.5. The van der Waals surface area contributed by atoms with Gasteiger partial charge in [0.1, 0.15) is 26.5 Å². The Morgan fingerprint density at radius 2 is 1.62 bits per heavy atom. The Labute approximate surface area is 290 Å². The van der Waals surface area contributed by atoms with Crippen molar-refractivity contribution in [1.82, 2.24) is 9.78 Å². The average molecular weight is 692 g/mol. The second-order valence-electron chi connectivity index (χ2n) is 13.3. The number of carbonyl (C=O) groups excluding carboxylic acids is 1. The van der Waals surface area contributed by atoms with Crippen LogP contribution in [0.2, 0.25) is 0 Å². The van der Waals surface area contributed by atoms with E-state index in [2.05, 4.69) is 16.5 Å². The van der Waals surface area contributed by atoms with Crippen molar-refractivity contribution in [3.8, 4) is 5.88 Å². The number of methoxy groups -OCH3 is 1. The van der Waals surface area contributed by atoms with E-state index in [0.717, 1.165) is 58.2 Å². The first-order valence-electron chi connectivity index (χ1n) is 16.8. The summed E-state index contributed by atoms with van der Waals surface area (Å²) in [4.78, 5) is 14.4. The maximum Gasteiger partial charge on any atom is 0.273 e.